The first-order chi connectivity index (χ1) is 12.2. The van der Waals surface area contributed by atoms with Gasteiger partial charge in [-0.3, -0.25) is 4.79 Å². The maximum Gasteiger partial charge on any atom is 0.225 e. The quantitative estimate of drug-likeness (QED) is 0.736. The molecule has 0 saturated carbocycles. The lowest BCUT2D eigenvalue weighted by Gasteiger charge is -2.26. The summed E-state index contributed by atoms with van der Waals surface area (Å²) in [6.07, 6.45) is 9.76. The van der Waals surface area contributed by atoms with Gasteiger partial charge in [-0.25, -0.2) is 15.0 Å². The highest BCUT2D eigenvalue weighted by molar-refractivity contribution is 5.80. The van der Waals surface area contributed by atoms with Crippen LogP contribution < -0.4 is 4.90 Å². The monoisotopic (exact) mass is 335 g/mol. The largest absolute Gasteiger partial charge is 0.340 e. The van der Waals surface area contributed by atoms with Crippen LogP contribution in [-0.2, 0) is 11.2 Å². The van der Waals surface area contributed by atoms with Crippen molar-refractivity contribution in [2.45, 2.75) is 33.1 Å². The van der Waals surface area contributed by atoms with Crippen molar-refractivity contribution in [3.63, 3.8) is 0 Å². The van der Waals surface area contributed by atoms with E-state index in [1.165, 1.54) is 0 Å². The first kappa shape index (κ1) is 15.7. The average Bonchev–Trinajstić information content (AvgIpc) is 3.11. The summed E-state index contributed by atoms with van der Waals surface area (Å²) >= 11 is 0. The van der Waals surface area contributed by atoms with Gasteiger partial charge in [0.05, 0.1) is 5.69 Å². The summed E-state index contributed by atoms with van der Waals surface area (Å²) in [6.45, 7) is 5.60. The molecule has 6 nitrogen and oxygen atoms in total. The van der Waals surface area contributed by atoms with Gasteiger partial charge in [0, 0.05) is 61.8 Å². The zero-order chi connectivity index (χ0) is 17.4. The number of nitrogens with zero attached hydrogens (tertiary/aromatic N) is 5. The molecule has 1 fully saturated rings. The lowest BCUT2D eigenvalue weighted by Crippen LogP contribution is -2.35. The molecule has 0 N–H and O–H groups in total. The summed E-state index contributed by atoms with van der Waals surface area (Å²) in [5.41, 5.74) is 5.28. The number of aryl methyl sites for hydroxylation is 2. The Morgan fingerprint density at radius 2 is 2.00 bits per heavy atom. The van der Waals surface area contributed by atoms with Crippen molar-refractivity contribution in [1.29, 1.82) is 0 Å². The highest BCUT2D eigenvalue weighted by atomic mass is 16.1. The van der Waals surface area contributed by atoms with Gasteiger partial charge in [0.1, 0.15) is 11.4 Å². The molecular formula is C19H21N5O. The predicted molar refractivity (Wildman–Crippen MR) is 96.8 cm³/mol. The second-order valence-corrected chi connectivity index (χ2v) is 6.48. The van der Waals surface area contributed by atoms with Gasteiger partial charge in [-0.1, -0.05) is 6.92 Å². The molecule has 0 amide bonds. The Labute approximate surface area is 146 Å². The van der Waals surface area contributed by atoms with Gasteiger partial charge in [-0.15, -0.1) is 0 Å². The number of hydrogen-bond acceptors (Lipinski definition) is 5. The third kappa shape index (κ3) is 2.88. The van der Waals surface area contributed by atoms with Crippen molar-refractivity contribution in [3.8, 4) is 11.1 Å². The average molecular weight is 335 g/mol. The van der Waals surface area contributed by atoms with E-state index in [1.807, 2.05) is 23.0 Å². The third-order valence-electron chi connectivity index (χ3n) is 4.78. The van der Waals surface area contributed by atoms with Crippen LogP contribution in [-0.4, -0.2) is 38.2 Å². The summed E-state index contributed by atoms with van der Waals surface area (Å²) < 4.78 is 2.04. The number of fused-ring (bicyclic) bond motifs is 1. The normalized spacial score (nSPS) is 15.1. The van der Waals surface area contributed by atoms with Gasteiger partial charge in [-0.05, 0) is 25.0 Å². The fourth-order valence-electron chi connectivity index (χ4n) is 3.38. The number of pyridine rings is 1. The van der Waals surface area contributed by atoms with Crippen LogP contribution in [0.25, 0.3) is 16.8 Å². The van der Waals surface area contributed by atoms with Gasteiger partial charge in [-0.2, -0.15) is 0 Å². The van der Waals surface area contributed by atoms with Gasteiger partial charge in [0.15, 0.2) is 0 Å². The standard InChI is InChI=1S/C19H21N5O/c1-3-17-16(14-10-13(2)18-20-6-9-24(18)12-14)11-21-19(22-17)23-7-4-15(25)5-8-23/h6,9-12H,3-5,7-8H2,1-2H3. The van der Waals surface area contributed by atoms with E-state index in [0.717, 1.165) is 40.4 Å². The van der Waals surface area contributed by atoms with Gasteiger partial charge in [0.25, 0.3) is 0 Å². The highest BCUT2D eigenvalue weighted by Crippen LogP contribution is 2.26. The van der Waals surface area contributed by atoms with E-state index in [2.05, 4.69) is 41.0 Å². The van der Waals surface area contributed by atoms with E-state index in [4.69, 9.17) is 4.98 Å². The van der Waals surface area contributed by atoms with Crippen molar-refractivity contribution >= 4 is 17.4 Å². The molecule has 1 saturated heterocycles. The van der Waals surface area contributed by atoms with Gasteiger partial charge in [0.2, 0.25) is 5.95 Å². The lowest BCUT2D eigenvalue weighted by molar-refractivity contribution is -0.119. The molecule has 4 rings (SSSR count). The zero-order valence-electron chi connectivity index (χ0n) is 14.6. The SMILES string of the molecule is CCc1nc(N2CCC(=O)CC2)ncc1-c1cc(C)c2nccn2c1. The molecule has 0 bridgehead atoms. The van der Waals surface area contributed by atoms with Crippen LogP contribution in [0.3, 0.4) is 0 Å². The summed E-state index contributed by atoms with van der Waals surface area (Å²) in [6, 6.07) is 2.14. The van der Waals surface area contributed by atoms with Crippen LogP contribution >= 0.6 is 0 Å². The molecule has 1 aliphatic heterocycles. The number of Topliss-reactive ketones (excluding diaryl/α,β-unsaturated/α-hetero) is 1. The minimum Gasteiger partial charge on any atom is -0.340 e. The number of hydrogen-bond donors (Lipinski definition) is 0. The van der Waals surface area contributed by atoms with Crippen LogP contribution in [0.15, 0.2) is 30.9 Å². The Balaban J connectivity index is 1.73. The molecule has 1 aliphatic rings. The molecule has 3 aromatic rings. The van der Waals surface area contributed by atoms with Gasteiger partial charge < -0.3 is 9.30 Å². The van der Waals surface area contributed by atoms with E-state index in [-0.39, 0.29) is 0 Å². The fourth-order valence-corrected chi connectivity index (χ4v) is 3.38. The summed E-state index contributed by atoms with van der Waals surface area (Å²) in [4.78, 5) is 27.3. The molecule has 25 heavy (non-hydrogen) atoms. The molecule has 4 heterocycles. The minimum atomic E-state index is 0.327. The Morgan fingerprint density at radius 1 is 1.20 bits per heavy atom. The lowest BCUT2D eigenvalue weighted by atomic mass is 10.0. The minimum absolute atomic E-state index is 0.327. The van der Waals surface area contributed by atoms with E-state index in [9.17, 15) is 4.79 Å². The molecule has 0 unspecified atom stereocenters. The molecule has 0 radical (unpaired) electrons. The molecule has 3 aromatic heterocycles. The number of carbonyl (C=O) groups excluding carboxylic acids is 1. The van der Waals surface area contributed by atoms with Crippen molar-refractivity contribution in [2.75, 3.05) is 18.0 Å². The first-order valence-electron chi connectivity index (χ1n) is 8.72. The van der Waals surface area contributed by atoms with Crippen LogP contribution in [0.2, 0.25) is 0 Å². The van der Waals surface area contributed by atoms with Crippen molar-refractivity contribution < 1.29 is 4.79 Å². The number of aromatic nitrogens is 4. The van der Waals surface area contributed by atoms with E-state index in [0.29, 0.717) is 31.7 Å². The predicted octanol–water partition coefficient (Wildman–Crippen LogP) is 2.83. The molecule has 0 spiro atoms. The van der Waals surface area contributed by atoms with Crippen LogP contribution in [0.1, 0.15) is 31.0 Å². The second-order valence-electron chi connectivity index (χ2n) is 6.48. The number of piperidine rings is 1. The summed E-state index contributed by atoms with van der Waals surface area (Å²) in [7, 11) is 0. The molecule has 0 atom stereocenters. The Hall–Kier alpha value is -2.76. The molecular weight excluding hydrogens is 314 g/mol. The number of ketones is 1. The Bertz CT molecular complexity index is 936. The van der Waals surface area contributed by atoms with Crippen LogP contribution in [0.5, 0.6) is 0 Å². The van der Waals surface area contributed by atoms with E-state index < -0.39 is 0 Å². The number of imidazole rings is 1. The topological polar surface area (TPSA) is 63.4 Å². The third-order valence-corrected chi connectivity index (χ3v) is 4.78. The van der Waals surface area contributed by atoms with E-state index >= 15 is 0 Å². The van der Waals surface area contributed by atoms with E-state index in [1.54, 1.807) is 0 Å². The summed E-state index contributed by atoms with van der Waals surface area (Å²) in [5.74, 6) is 1.06. The highest BCUT2D eigenvalue weighted by Gasteiger charge is 2.20. The fraction of sp³-hybridized carbons (Fsp3) is 0.368. The van der Waals surface area contributed by atoms with Crippen LogP contribution in [0.4, 0.5) is 5.95 Å². The second kappa shape index (κ2) is 6.27. The molecule has 0 aromatic carbocycles. The number of rotatable bonds is 3. The van der Waals surface area contributed by atoms with Gasteiger partial charge >= 0.3 is 0 Å². The maximum absolute atomic E-state index is 11.4. The van der Waals surface area contributed by atoms with Crippen LogP contribution in [0, 0.1) is 6.92 Å². The summed E-state index contributed by atoms with van der Waals surface area (Å²) in [5, 5.41) is 0. The maximum atomic E-state index is 11.4. The van der Waals surface area contributed by atoms with Crippen molar-refractivity contribution in [1.82, 2.24) is 19.4 Å². The van der Waals surface area contributed by atoms with Crippen molar-refractivity contribution in [2.24, 2.45) is 0 Å². The zero-order valence-corrected chi connectivity index (χ0v) is 14.6. The smallest absolute Gasteiger partial charge is 0.225 e. The Morgan fingerprint density at radius 3 is 2.76 bits per heavy atom. The molecule has 6 heteroatoms. The molecule has 128 valence electrons. The molecule has 0 aliphatic carbocycles. The number of anilines is 1. The van der Waals surface area contributed by atoms with Crippen molar-refractivity contribution in [3.05, 3.63) is 42.1 Å². The number of carbonyl (C=O) groups is 1. The first-order valence-corrected chi connectivity index (χ1v) is 8.72. The Kier molecular flexibility index (Phi) is 3.95.